The molecule has 1 unspecified atom stereocenters. The molecule has 0 radical (unpaired) electrons. The summed E-state index contributed by atoms with van der Waals surface area (Å²) in [7, 11) is 0. The highest BCUT2D eigenvalue weighted by atomic mass is 16.6. The first-order chi connectivity index (χ1) is 8.31. The van der Waals surface area contributed by atoms with E-state index in [2.05, 4.69) is 4.99 Å². The number of nitrogens with zero attached hydrogens (tertiary/aromatic N) is 1. The number of hydrogen-bond donors (Lipinski definition) is 2. The number of para-hydroxylation sites is 2. The van der Waals surface area contributed by atoms with E-state index in [9.17, 15) is 0 Å². The summed E-state index contributed by atoms with van der Waals surface area (Å²) in [6, 6.07) is 7.46. The molecule has 2 rings (SSSR count). The Morgan fingerprint density at radius 1 is 1.41 bits per heavy atom. The fraction of sp³-hybridized carbons (Fsp3) is 0.417. The molecule has 0 saturated carbocycles. The van der Waals surface area contributed by atoms with E-state index >= 15 is 0 Å². The molecule has 1 aliphatic rings. The average molecular weight is 236 g/mol. The molecule has 1 aliphatic heterocycles. The topological polar surface area (TPSA) is 77.1 Å². The maximum absolute atomic E-state index is 8.65. The van der Waals surface area contributed by atoms with Crippen LogP contribution in [0.1, 0.15) is 6.42 Å². The zero-order chi connectivity index (χ0) is 12.1. The molecular weight excluding hydrogens is 220 g/mol. The van der Waals surface area contributed by atoms with Crippen LogP contribution in [-0.4, -0.2) is 36.8 Å². The maximum Gasteiger partial charge on any atom is 0.189 e. The van der Waals surface area contributed by atoms with Gasteiger partial charge in [-0.1, -0.05) is 12.1 Å². The molecule has 0 fully saturated rings. The molecule has 5 heteroatoms. The van der Waals surface area contributed by atoms with E-state index in [1.54, 1.807) is 0 Å². The monoisotopic (exact) mass is 236 g/mol. The van der Waals surface area contributed by atoms with Crippen LogP contribution < -0.4 is 15.2 Å². The first-order valence-electron chi connectivity index (χ1n) is 5.60. The number of amidine groups is 1. The minimum atomic E-state index is -0.344. The Kier molecular flexibility index (Phi) is 3.82. The third-order valence-electron chi connectivity index (χ3n) is 2.45. The normalized spacial score (nSPS) is 19.1. The maximum atomic E-state index is 8.65. The van der Waals surface area contributed by atoms with E-state index in [4.69, 9.17) is 20.3 Å². The van der Waals surface area contributed by atoms with E-state index in [1.165, 1.54) is 0 Å². The summed E-state index contributed by atoms with van der Waals surface area (Å²) in [5, 5.41) is 8.65. The Balaban J connectivity index is 1.99. The van der Waals surface area contributed by atoms with Crippen molar-refractivity contribution >= 4 is 5.84 Å². The minimum Gasteiger partial charge on any atom is -0.485 e. The first-order valence-corrected chi connectivity index (χ1v) is 5.60. The lowest BCUT2D eigenvalue weighted by atomic mass is 10.2. The Morgan fingerprint density at radius 2 is 2.18 bits per heavy atom. The molecule has 1 atom stereocenters. The van der Waals surface area contributed by atoms with Crippen LogP contribution in [0.2, 0.25) is 0 Å². The van der Waals surface area contributed by atoms with Gasteiger partial charge in [-0.25, -0.2) is 0 Å². The third kappa shape index (κ3) is 2.88. The minimum absolute atomic E-state index is 0.113. The van der Waals surface area contributed by atoms with Crippen LogP contribution in [0, 0.1) is 0 Å². The van der Waals surface area contributed by atoms with Crippen molar-refractivity contribution < 1.29 is 14.6 Å². The second-order valence-corrected chi connectivity index (χ2v) is 3.75. The molecule has 17 heavy (non-hydrogen) atoms. The molecule has 1 heterocycles. The number of aliphatic hydroxyl groups excluding tert-OH is 1. The van der Waals surface area contributed by atoms with Crippen LogP contribution in [0.5, 0.6) is 11.5 Å². The summed E-state index contributed by atoms with van der Waals surface area (Å²) in [5.74, 6) is 1.82. The van der Waals surface area contributed by atoms with E-state index in [0.29, 0.717) is 31.2 Å². The summed E-state index contributed by atoms with van der Waals surface area (Å²) < 4.78 is 11.2. The zero-order valence-corrected chi connectivity index (χ0v) is 9.50. The lowest BCUT2D eigenvalue weighted by Gasteiger charge is -2.25. The second kappa shape index (κ2) is 5.54. The molecular formula is C12H16N2O3. The van der Waals surface area contributed by atoms with Gasteiger partial charge in [-0.2, -0.15) is 0 Å². The van der Waals surface area contributed by atoms with Gasteiger partial charge in [-0.3, -0.25) is 4.99 Å². The van der Waals surface area contributed by atoms with Gasteiger partial charge in [0.05, 0.1) is 0 Å². The summed E-state index contributed by atoms with van der Waals surface area (Å²) >= 11 is 0. The lowest BCUT2D eigenvalue weighted by Crippen LogP contribution is -2.41. The van der Waals surface area contributed by atoms with Crippen molar-refractivity contribution in [2.75, 3.05) is 19.8 Å². The predicted molar refractivity (Wildman–Crippen MR) is 64.5 cm³/mol. The Labute approximate surface area is 99.9 Å². The summed E-state index contributed by atoms with van der Waals surface area (Å²) in [6.07, 6.45) is 0.258. The van der Waals surface area contributed by atoms with Crippen LogP contribution in [0.15, 0.2) is 29.3 Å². The van der Waals surface area contributed by atoms with Crippen LogP contribution >= 0.6 is 0 Å². The second-order valence-electron chi connectivity index (χ2n) is 3.75. The fourth-order valence-corrected chi connectivity index (χ4v) is 1.55. The highest BCUT2D eigenvalue weighted by molar-refractivity contribution is 5.85. The fourth-order valence-electron chi connectivity index (χ4n) is 1.55. The lowest BCUT2D eigenvalue weighted by molar-refractivity contribution is 0.134. The highest BCUT2D eigenvalue weighted by Gasteiger charge is 2.23. The van der Waals surface area contributed by atoms with E-state index in [1.807, 2.05) is 24.3 Å². The molecule has 1 aromatic rings. The predicted octanol–water partition coefficient (Wildman–Crippen LogP) is 0.566. The SMILES string of the molecule is NC(=NCCCO)C1COc2ccccc2O1. The van der Waals surface area contributed by atoms with E-state index in [-0.39, 0.29) is 12.7 Å². The van der Waals surface area contributed by atoms with Gasteiger partial charge in [0.2, 0.25) is 0 Å². The Bertz CT molecular complexity index is 406. The van der Waals surface area contributed by atoms with Crippen molar-refractivity contribution in [2.24, 2.45) is 10.7 Å². The first kappa shape index (κ1) is 11.7. The van der Waals surface area contributed by atoms with Gasteiger partial charge >= 0.3 is 0 Å². The van der Waals surface area contributed by atoms with Crippen LogP contribution in [-0.2, 0) is 0 Å². The zero-order valence-electron chi connectivity index (χ0n) is 9.50. The van der Waals surface area contributed by atoms with Crippen molar-refractivity contribution in [3.63, 3.8) is 0 Å². The molecule has 3 N–H and O–H groups in total. The van der Waals surface area contributed by atoms with Crippen molar-refractivity contribution in [1.29, 1.82) is 0 Å². The number of ether oxygens (including phenoxy) is 2. The third-order valence-corrected chi connectivity index (χ3v) is 2.45. The number of aliphatic imine (C=N–C) groups is 1. The molecule has 0 aliphatic carbocycles. The molecule has 0 amide bonds. The van der Waals surface area contributed by atoms with Gasteiger partial charge in [0.25, 0.3) is 0 Å². The van der Waals surface area contributed by atoms with Crippen molar-refractivity contribution in [2.45, 2.75) is 12.5 Å². The molecule has 0 saturated heterocycles. The number of hydrogen-bond acceptors (Lipinski definition) is 4. The standard InChI is InChI=1S/C12H16N2O3/c13-12(14-6-3-7-15)11-8-16-9-4-1-2-5-10(9)17-11/h1-2,4-5,11,15H,3,6-8H2,(H2,13,14). The summed E-state index contributed by atoms with van der Waals surface area (Å²) in [4.78, 5) is 4.14. The van der Waals surface area contributed by atoms with Crippen molar-refractivity contribution in [3.05, 3.63) is 24.3 Å². The van der Waals surface area contributed by atoms with Gasteiger partial charge < -0.3 is 20.3 Å². The van der Waals surface area contributed by atoms with Crippen LogP contribution in [0.3, 0.4) is 0 Å². The number of fused-ring (bicyclic) bond motifs is 1. The van der Waals surface area contributed by atoms with Crippen LogP contribution in [0.25, 0.3) is 0 Å². The van der Waals surface area contributed by atoms with Gasteiger partial charge in [-0.05, 0) is 18.6 Å². The van der Waals surface area contributed by atoms with Gasteiger partial charge in [-0.15, -0.1) is 0 Å². The molecule has 0 aromatic heterocycles. The smallest absolute Gasteiger partial charge is 0.189 e. The van der Waals surface area contributed by atoms with Gasteiger partial charge in [0.1, 0.15) is 12.4 Å². The van der Waals surface area contributed by atoms with Gasteiger partial charge in [0, 0.05) is 13.2 Å². The van der Waals surface area contributed by atoms with Crippen LogP contribution in [0.4, 0.5) is 0 Å². The molecule has 5 nitrogen and oxygen atoms in total. The number of rotatable bonds is 4. The summed E-state index contributed by atoms with van der Waals surface area (Å²) in [5.41, 5.74) is 5.81. The largest absolute Gasteiger partial charge is 0.485 e. The summed E-state index contributed by atoms with van der Waals surface area (Å²) in [6.45, 7) is 0.983. The van der Waals surface area contributed by atoms with Gasteiger partial charge in [0.15, 0.2) is 17.6 Å². The number of nitrogens with two attached hydrogens (primary N) is 1. The molecule has 0 spiro atoms. The highest BCUT2D eigenvalue weighted by Crippen LogP contribution is 2.30. The quantitative estimate of drug-likeness (QED) is 0.455. The van der Waals surface area contributed by atoms with E-state index < -0.39 is 0 Å². The van der Waals surface area contributed by atoms with Crippen molar-refractivity contribution in [1.82, 2.24) is 0 Å². The number of aliphatic hydroxyl groups is 1. The number of benzene rings is 1. The molecule has 0 bridgehead atoms. The van der Waals surface area contributed by atoms with Crippen molar-refractivity contribution in [3.8, 4) is 11.5 Å². The Morgan fingerprint density at radius 3 is 2.94 bits per heavy atom. The molecule has 92 valence electrons. The van der Waals surface area contributed by atoms with E-state index in [0.717, 1.165) is 5.75 Å². The Hall–Kier alpha value is -1.75. The average Bonchev–Trinajstić information content (AvgIpc) is 2.38. The molecule has 1 aromatic carbocycles.